The first-order valence-corrected chi connectivity index (χ1v) is 16.1. The highest BCUT2D eigenvalue weighted by molar-refractivity contribution is 6.35. The number of nitrogens with one attached hydrogen (secondary N) is 1. The average molecular weight is 651 g/mol. The van der Waals surface area contributed by atoms with Crippen molar-refractivity contribution in [3.63, 3.8) is 0 Å². The van der Waals surface area contributed by atoms with Crippen molar-refractivity contribution in [3.8, 4) is 16.9 Å². The second kappa shape index (κ2) is 15.0. The number of carbonyl (C=O) groups excluding carboxylic acids is 1. The van der Waals surface area contributed by atoms with Crippen molar-refractivity contribution >= 4 is 45.4 Å². The molecule has 2 aliphatic rings. The van der Waals surface area contributed by atoms with E-state index in [1.807, 2.05) is 24.3 Å². The fourth-order valence-electron chi connectivity index (χ4n) is 6.41. The van der Waals surface area contributed by atoms with Crippen LogP contribution in [0.3, 0.4) is 0 Å². The number of likely N-dealkylation sites (tertiary alicyclic amines) is 1. The van der Waals surface area contributed by atoms with Gasteiger partial charge >= 0.3 is 0 Å². The van der Waals surface area contributed by atoms with Gasteiger partial charge in [-0.2, -0.15) is 0 Å². The van der Waals surface area contributed by atoms with E-state index in [0.717, 1.165) is 56.4 Å². The zero-order chi connectivity index (χ0) is 32.0. The number of carbonyl (C=O) groups is 1. The summed E-state index contributed by atoms with van der Waals surface area (Å²) >= 11 is 6.84. The Bertz CT molecular complexity index is 1680. The molecule has 243 valence electrons. The van der Waals surface area contributed by atoms with Crippen molar-refractivity contribution < 1.29 is 28.9 Å². The molecule has 10 nitrogen and oxygen atoms in total. The fourth-order valence-corrected chi connectivity index (χ4v) is 6.70. The lowest BCUT2D eigenvalue weighted by Gasteiger charge is -2.34. The molecule has 0 aliphatic carbocycles. The van der Waals surface area contributed by atoms with Gasteiger partial charge in [-0.25, -0.2) is 14.4 Å². The Labute approximate surface area is 272 Å². The number of aliphatic hydroxyl groups is 1. The number of rotatable bonds is 12. The maximum Gasteiger partial charge on any atom is 0.158 e. The molecule has 3 heterocycles. The Morgan fingerprint density at radius 3 is 2.61 bits per heavy atom. The first-order valence-electron chi connectivity index (χ1n) is 15.7. The highest BCUT2D eigenvalue weighted by Crippen LogP contribution is 2.42. The zero-order valence-electron chi connectivity index (χ0n) is 25.5. The maximum atomic E-state index is 16.8. The molecular formula is C34H38ClFN5O5. The van der Waals surface area contributed by atoms with Gasteiger partial charge in [0.1, 0.15) is 29.5 Å². The number of hydrogen-bond acceptors (Lipinski definition) is 10. The van der Waals surface area contributed by atoms with E-state index >= 15 is 4.39 Å². The van der Waals surface area contributed by atoms with Crippen LogP contribution >= 0.6 is 11.6 Å². The van der Waals surface area contributed by atoms with Gasteiger partial charge in [-0.05, 0) is 47.4 Å². The van der Waals surface area contributed by atoms with Crippen LogP contribution in [-0.4, -0.2) is 103 Å². The lowest BCUT2D eigenvalue weighted by molar-refractivity contribution is -0.109. The highest BCUT2D eigenvalue weighted by Gasteiger charge is 2.28. The van der Waals surface area contributed by atoms with Gasteiger partial charge in [-0.1, -0.05) is 35.9 Å². The summed E-state index contributed by atoms with van der Waals surface area (Å²) in [5.41, 5.74) is 0.764. The highest BCUT2D eigenvalue weighted by atomic mass is 35.5. The van der Waals surface area contributed by atoms with Crippen LogP contribution in [0.2, 0.25) is 5.02 Å². The number of phenolic OH excluding ortho intramolecular Hbond substituents is 1. The number of piperidine rings is 1. The molecule has 2 aliphatic heterocycles. The molecule has 3 aromatic carbocycles. The van der Waals surface area contributed by atoms with E-state index in [1.165, 1.54) is 6.07 Å². The van der Waals surface area contributed by atoms with Gasteiger partial charge in [0.05, 0.1) is 36.9 Å². The van der Waals surface area contributed by atoms with Gasteiger partial charge in [0.2, 0.25) is 0 Å². The quantitative estimate of drug-likeness (QED) is 0.151. The summed E-state index contributed by atoms with van der Waals surface area (Å²) < 4.78 is 27.8. The standard InChI is InChI=1S/C34H38ClFN5O5/c35-29-19-28-32(31(36)30(29)27-18-24(44)17-22-3-1-2-4-26(22)27)38-33(39-34(28)41-11-7-37-8-12-41)23(21-43)20-40-9-5-25(6-10-40)46-16-15-45-14-13-42/h1-4,13-14,17-19,23,25,37,43-44H,5-12,15-16,20-21H2/t23-/m0/s1. The fraction of sp³-hybridized carbons (Fsp3) is 0.412. The van der Waals surface area contributed by atoms with Crippen LogP contribution < -0.4 is 10.2 Å². The Hall–Kier alpha value is -3.45. The van der Waals surface area contributed by atoms with Crippen molar-refractivity contribution in [2.24, 2.45) is 0 Å². The molecule has 2 saturated heterocycles. The molecule has 1 atom stereocenters. The number of anilines is 1. The van der Waals surface area contributed by atoms with Gasteiger partial charge in [0.25, 0.3) is 0 Å². The predicted octanol–water partition coefficient (Wildman–Crippen LogP) is 4.29. The van der Waals surface area contributed by atoms with Gasteiger partial charge < -0.3 is 39.6 Å². The van der Waals surface area contributed by atoms with Crippen LogP contribution in [0, 0.1) is 12.4 Å². The maximum absolute atomic E-state index is 16.8. The predicted molar refractivity (Wildman–Crippen MR) is 176 cm³/mol. The third kappa shape index (κ3) is 7.10. The lowest BCUT2D eigenvalue weighted by atomic mass is 9.96. The summed E-state index contributed by atoms with van der Waals surface area (Å²) in [6.07, 6.45) is 2.31. The molecule has 6 rings (SSSR count). The number of nitrogens with zero attached hydrogens (tertiary/aromatic N) is 4. The number of aliphatic hydroxyl groups excluding tert-OH is 1. The second-order valence-electron chi connectivity index (χ2n) is 11.7. The smallest absolute Gasteiger partial charge is 0.158 e. The number of aldehydes is 1. The van der Waals surface area contributed by atoms with E-state index in [4.69, 9.17) is 31.0 Å². The third-order valence-electron chi connectivity index (χ3n) is 8.72. The van der Waals surface area contributed by atoms with Crippen LogP contribution in [0.25, 0.3) is 32.8 Å². The minimum absolute atomic E-state index is 0.00777. The molecule has 4 aromatic rings. The van der Waals surface area contributed by atoms with Gasteiger partial charge in [0, 0.05) is 56.8 Å². The molecule has 0 unspecified atom stereocenters. The van der Waals surface area contributed by atoms with E-state index in [1.54, 1.807) is 12.1 Å². The molecule has 3 N–H and O–H groups in total. The number of fused-ring (bicyclic) bond motifs is 2. The zero-order valence-corrected chi connectivity index (χ0v) is 26.3. The molecule has 1 aromatic heterocycles. The molecule has 1 radical (unpaired) electrons. The SMILES string of the molecule is O=C[CH]OCCOC1CCN(C[C@@H](CO)c2nc(N3CCNCC3)c3cc(Cl)c(-c4cc(O)cc5ccccc45)c(F)c3n2)CC1. The van der Waals surface area contributed by atoms with Crippen molar-refractivity contribution in [2.75, 3.05) is 70.5 Å². The van der Waals surface area contributed by atoms with E-state index in [0.29, 0.717) is 61.7 Å². The van der Waals surface area contributed by atoms with Crippen molar-refractivity contribution in [1.82, 2.24) is 20.2 Å². The molecule has 12 heteroatoms. The number of phenols is 1. The van der Waals surface area contributed by atoms with Crippen LogP contribution in [0.1, 0.15) is 24.6 Å². The first kappa shape index (κ1) is 32.5. The molecule has 46 heavy (non-hydrogen) atoms. The molecular weight excluding hydrogens is 613 g/mol. The van der Waals surface area contributed by atoms with Crippen molar-refractivity contribution in [3.05, 3.63) is 65.7 Å². The van der Waals surface area contributed by atoms with Crippen molar-refractivity contribution in [1.29, 1.82) is 0 Å². The number of hydrogen-bond donors (Lipinski definition) is 3. The number of aromatic hydroxyl groups is 1. The van der Waals surface area contributed by atoms with E-state index in [2.05, 4.69) is 15.1 Å². The lowest BCUT2D eigenvalue weighted by Crippen LogP contribution is -2.44. The van der Waals surface area contributed by atoms with Crippen LogP contribution in [-0.2, 0) is 14.3 Å². The van der Waals surface area contributed by atoms with Crippen LogP contribution in [0.5, 0.6) is 5.75 Å². The average Bonchev–Trinajstić information content (AvgIpc) is 3.08. The van der Waals surface area contributed by atoms with Gasteiger partial charge in [-0.3, -0.25) is 0 Å². The van der Waals surface area contributed by atoms with Crippen LogP contribution in [0.4, 0.5) is 10.2 Å². The minimum atomic E-state index is -0.595. The van der Waals surface area contributed by atoms with E-state index < -0.39 is 11.7 Å². The summed E-state index contributed by atoms with van der Waals surface area (Å²) in [7, 11) is 0. The first-order chi connectivity index (χ1) is 22.5. The van der Waals surface area contributed by atoms with Gasteiger partial charge in [0.15, 0.2) is 12.1 Å². The molecule has 0 spiro atoms. The van der Waals surface area contributed by atoms with Crippen LogP contribution in [0.15, 0.2) is 42.5 Å². The number of aromatic nitrogens is 2. The van der Waals surface area contributed by atoms with Crippen molar-refractivity contribution in [2.45, 2.75) is 24.9 Å². The molecule has 2 fully saturated rings. The Morgan fingerprint density at radius 2 is 1.85 bits per heavy atom. The topological polar surface area (TPSA) is 120 Å². The number of benzene rings is 3. The summed E-state index contributed by atoms with van der Waals surface area (Å²) in [6, 6.07) is 12.3. The number of piperazine rings is 1. The Balaban J connectivity index is 1.33. The molecule has 0 bridgehead atoms. The second-order valence-corrected chi connectivity index (χ2v) is 12.1. The Kier molecular flexibility index (Phi) is 10.6. The summed E-state index contributed by atoms with van der Waals surface area (Å²) in [5.74, 6) is -0.0698. The largest absolute Gasteiger partial charge is 0.508 e. The summed E-state index contributed by atoms with van der Waals surface area (Å²) in [4.78, 5) is 24.4. The third-order valence-corrected chi connectivity index (χ3v) is 9.02. The molecule has 0 saturated carbocycles. The molecule has 0 amide bonds. The number of halogens is 2. The monoisotopic (exact) mass is 650 g/mol. The summed E-state index contributed by atoms with van der Waals surface area (Å²) in [6.45, 7) is 6.55. The van der Waals surface area contributed by atoms with E-state index in [9.17, 15) is 15.0 Å². The minimum Gasteiger partial charge on any atom is -0.508 e. The number of ether oxygens (including phenoxy) is 2. The Morgan fingerprint density at radius 1 is 1.07 bits per heavy atom. The summed E-state index contributed by atoms with van der Waals surface area (Å²) in [5, 5.41) is 26.7. The van der Waals surface area contributed by atoms with E-state index in [-0.39, 0.29) is 34.6 Å². The normalized spacial score (nSPS) is 17.2. The van der Waals surface area contributed by atoms with Gasteiger partial charge in [-0.15, -0.1) is 0 Å².